The summed E-state index contributed by atoms with van der Waals surface area (Å²) in [6, 6.07) is 7.92. The van der Waals surface area contributed by atoms with Gasteiger partial charge in [0.2, 0.25) is 0 Å². The second-order valence-electron chi connectivity index (χ2n) is 4.16. The molecule has 1 unspecified atom stereocenters. The summed E-state index contributed by atoms with van der Waals surface area (Å²) in [5, 5.41) is 2.81. The Morgan fingerprint density at radius 1 is 1.47 bits per heavy atom. The highest BCUT2D eigenvalue weighted by Crippen LogP contribution is 2.21. The average Bonchev–Trinajstić information content (AvgIpc) is 2.78. The van der Waals surface area contributed by atoms with E-state index in [1.54, 1.807) is 0 Å². The van der Waals surface area contributed by atoms with Crippen molar-refractivity contribution in [3.63, 3.8) is 0 Å². The molecule has 5 nitrogen and oxygen atoms in total. The number of alkyl carbamates (subject to hydrolysis) is 1. The molecule has 3 N–H and O–H groups in total. The van der Waals surface area contributed by atoms with Crippen LogP contribution in [0.2, 0.25) is 0 Å². The fourth-order valence-corrected chi connectivity index (χ4v) is 2.02. The SMILES string of the molecule is COC(=O)NC1CCN(c2ccc(N)cc2)C1. The van der Waals surface area contributed by atoms with Crippen LogP contribution in [0.4, 0.5) is 16.2 Å². The molecule has 1 atom stereocenters. The van der Waals surface area contributed by atoms with Gasteiger partial charge in [-0.25, -0.2) is 4.79 Å². The van der Waals surface area contributed by atoms with E-state index in [-0.39, 0.29) is 12.1 Å². The number of hydrogen-bond acceptors (Lipinski definition) is 4. The van der Waals surface area contributed by atoms with Gasteiger partial charge in [0, 0.05) is 24.5 Å². The molecule has 2 rings (SSSR count). The molecule has 1 aliphatic heterocycles. The molecule has 1 heterocycles. The second kappa shape index (κ2) is 4.95. The Labute approximate surface area is 101 Å². The Bertz CT molecular complexity index is 391. The monoisotopic (exact) mass is 235 g/mol. The van der Waals surface area contributed by atoms with Crippen molar-refractivity contribution in [2.75, 3.05) is 30.8 Å². The van der Waals surface area contributed by atoms with Gasteiger partial charge in [0.15, 0.2) is 0 Å². The van der Waals surface area contributed by atoms with Crippen LogP contribution in [0, 0.1) is 0 Å². The van der Waals surface area contributed by atoms with Gasteiger partial charge in [-0.1, -0.05) is 0 Å². The number of carbonyl (C=O) groups is 1. The van der Waals surface area contributed by atoms with Gasteiger partial charge in [-0.05, 0) is 30.7 Å². The third-order valence-corrected chi connectivity index (χ3v) is 2.95. The summed E-state index contributed by atoms with van der Waals surface area (Å²) in [4.78, 5) is 13.3. The van der Waals surface area contributed by atoms with Crippen molar-refractivity contribution in [1.82, 2.24) is 5.32 Å². The maximum Gasteiger partial charge on any atom is 0.407 e. The van der Waals surface area contributed by atoms with E-state index < -0.39 is 0 Å². The smallest absolute Gasteiger partial charge is 0.407 e. The van der Waals surface area contributed by atoms with Crippen LogP contribution < -0.4 is 16.0 Å². The quantitative estimate of drug-likeness (QED) is 0.756. The van der Waals surface area contributed by atoms with Crippen LogP contribution in [0.15, 0.2) is 24.3 Å². The summed E-state index contributed by atoms with van der Waals surface area (Å²) in [7, 11) is 1.38. The van der Waals surface area contributed by atoms with Crippen LogP contribution in [0.25, 0.3) is 0 Å². The van der Waals surface area contributed by atoms with E-state index >= 15 is 0 Å². The molecule has 1 saturated heterocycles. The summed E-state index contributed by atoms with van der Waals surface area (Å²) in [5.41, 5.74) is 7.54. The maximum atomic E-state index is 11.1. The molecule has 0 aromatic heterocycles. The highest BCUT2D eigenvalue weighted by molar-refractivity contribution is 5.67. The van der Waals surface area contributed by atoms with E-state index in [4.69, 9.17) is 5.73 Å². The number of anilines is 2. The lowest BCUT2D eigenvalue weighted by molar-refractivity contribution is 0.167. The number of amides is 1. The number of carbonyl (C=O) groups excluding carboxylic acids is 1. The largest absolute Gasteiger partial charge is 0.453 e. The molecule has 1 aliphatic rings. The zero-order valence-corrected chi connectivity index (χ0v) is 9.85. The number of nitrogens with one attached hydrogen (secondary N) is 1. The van der Waals surface area contributed by atoms with E-state index in [0.29, 0.717) is 0 Å². The lowest BCUT2D eigenvalue weighted by atomic mass is 10.2. The van der Waals surface area contributed by atoms with Gasteiger partial charge in [0.05, 0.1) is 13.2 Å². The lowest BCUT2D eigenvalue weighted by Gasteiger charge is -2.18. The van der Waals surface area contributed by atoms with Gasteiger partial charge in [-0.3, -0.25) is 0 Å². The molecule has 0 bridgehead atoms. The normalized spacial score (nSPS) is 19.1. The molecule has 5 heteroatoms. The molecule has 1 aromatic carbocycles. The van der Waals surface area contributed by atoms with Crippen LogP contribution >= 0.6 is 0 Å². The van der Waals surface area contributed by atoms with Gasteiger partial charge < -0.3 is 20.7 Å². The van der Waals surface area contributed by atoms with E-state index in [1.165, 1.54) is 7.11 Å². The molecule has 92 valence electrons. The van der Waals surface area contributed by atoms with Gasteiger partial charge in [0.1, 0.15) is 0 Å². The summed E-state index contributed by atoms with van der Waals surface area (Å²) >= 11 is 0. The average molecular weight is 235 g/mol. The number of nitrogens with zero attached hydrogens (tertiary/aromatic N) is 1. The summed E-state index contributed by atoms with van der Waals surface area (Å²) in [6.45, 7) is 1.73. The fourth-order valence-electron chi connectivity index (χ4n) is 2.02. The Morgan fingerprint density at radius 2 is 2.18 bits per heavy atom. The van der Waals surface area contributed by atoms with Gasteiger partial charge >= 0.3 is 6.09 Å². The number of ether oxygens (including phenoxy) is 1. The van der Waals surface area contributed by atoms with Crippen LogP contribution in [-0.4, -0.2) is 32.3 Å². The van der Waals surface area contributed by atoms with Crippen LogP contribution in [0.1, 0.15) is 6.42 Å². The summed E-state index contributed by atoms with van der Waals surface area (Å²) in [6.07, 6.45) is 0.564. The highest BCUT2D eigenvalue weighted by atomic mass is 16.5. The van der Waals surface area contributed by atoms with E-state index in [9.17, 15) is 4.79 Å². The zero-order valence-electron chi connectivity index (χ0n) is 9.85. The van der Waals surface area contributed by atoms with Crippen molar-refractivity contribution >= 4 is 17.5 Å². The highest BCUT2D eigenvalue weighted by Gasteiger charge is 2.24. The molecule has 17 heavy (non-hydrogen) atoms. The van der Waals surface area contributed by atoms with Crippen molar-refractivity contribution < 1.29 is 9.53 Å². The fraction of sp³-hybridized carbons (Fsp3) is 0.417. The molecular formula is C12H17N3O2. The van der Waals surface area contributed by atoms with Crippen molar-refractivity contribution in [3.05, 3.63) is 24.3 Å². The molecule has 1 aromatic rings. The Kier molecular flexibility index (Phi) is 3.37. The predicted molar refractivity (Wildman–Crippen MR) is 67.0 cm³/mol. The Balaban J connectivity index is 1.93. The maximum absolute atomic E-state index is 11.1. The molecule has 0 saturated carbocycles. The van der Waals surface area contributed by atoms with Gasteiger partial charge in [-0.15, -0.1) is 0 Å². The number of rotatable bonds is 2. The topological polar surface area (TPSA) is 67.6 Å². The van der Waals surface area contributed by atoms with E-state index in [2.05, 4.69) is 15.0 Å². The van der Waals surface area contributed by atoms with Crippen LogP contribution in [0.3, 0.4) is 0 Å². The number of benzene rings is 1. The summed E-state index contributed by atoms with van der Waals surface area (Å²) in [5.74, 6) is 0. The van der Waals surface area contributed by atoms with E-state index in [1.807, 2.05) is 24.3 Å². The van der Waals surface area contributed by atoms with Crippen LogP contribution in [0.5, 0.6) is 0 Å². The number of nitrogen functional groups attached to an aromatic ring is 1. The van der Waals surface area contributed by atoms with Gasteiger partial charge in [-0.2, -0.15) is 0 Å². The first kappa shape index (κ1) is 11.6. The lowest BCUT2D eigenvalue weighted by Crippen LogP contribution is -2.36. The number of nitrogens with two attached hydrogens (primary N) is 1. The third-order valence-electron chi connectivity index (χ3n) is 2.95. The predicted octanol–water partition coefficient (Wildman–Crippen LogP) is 1.20. The molecule has 1 fully saturated rings. The van der Waals surface area contributed by atoms with Crippen molar-refractivity contribution in [3.8, 4) is 0 Å². The minimum atomic E-state index is -0.367. The Morgan fingerprint density at radius 3 is 2.82 bits per heavy atom. The molecule has 0 spiro atoms. The first-order valence-corrected chi connectivity index (χ1v) is 5.64. The minimum absolute atomic E-state index is 0.153. The number of methoxy groups -OCH3 is 1. The minimum Gasteiger partial charge on any atom is -0.453 e. The van der Waals surface area contributed by atoms with Gasteiger partial charge in [0.25, 0.3) is 0 Å². The summed E-state index contributed by atoms with van der Waals surface area (Å²) < 4.78 is 4.58. The second-order valence-corrected chi connectivity index (χ2v) is 4.16. The molecule has 0 radical (unpaired) electrons. The van der Waals surface area contributed by atoms with Crippen molar-refractivity contribution in [2.24, 2.45) is 0 Å². The Hall–Kier alpha value is -1.91. The number of hydrogen-bond donors (Lipinski definition) is 2. The standard InChI is InChI=1S/C12H17N3O2/c1-17-12(16)14-10-6-7-15(8-10)11-4-2-9(13)3-5-11/h2-5,10H,6-8,13H2,1H3,(H,14,16). The molecular weight excluding hydrogens is 218 g/mol. The van der Waals surface area contributed by atoms with E-state index in [0.717, 1.165) is 30.9 Å². The molecule has 1 amide bonds. The van der Waals surface area contributed by atoms with Crippen molar-refractivity contribution in [2.45, 2.75) is 12.5 Å². The molecule has 0 aliphatic carbocycles. The first-order valence-electron chi connectivity index (χ1n) is 5.64. The van der Waals surface area contributed by atoms with Crippen molar-refractivity contribution in [1.29, 1.82) is 0 Å². The zero-order chi connectivity index (χ0) is 12.3. The first-order chi connectivity index (χ1) is 8.19. The third kappa shape index (κ3) is 2.81. The van der Waals surface area contributed by atoms with Crippen LogP contribution in [-0.2, 0) is 4.74 Å².